The zero-order valence-electron chi connectivity index (χ0n) is 9.83. The van der Waals surface area contributed by atoms with Gasteiger partial charge in [0.25, 0.3) is 0 Å². The highest BCUT2D eigenvalue weighted by Gasteiger charge is 2.19. The first-order chi connectivity index (χ1) is 8.58. The molecular weight excluding hydrogens is 236 g/mol. The first-order valence-electron chi connectivity index (χ1n) is 5.82. The summed E-state index contributed by atoms with van der Waals surface area (Å²) in [6, 6.07) is 4.01. The lowest BCUT2D eigenvalue weighted by molar-refractivity contribution is -0.385. The largest absolute Gasteiger partial charge is 0.502 e. The molecule has 1 aliphatic rings. The molecule has 96 valence electrons. The number of phenolic OH excluding ortho intramolecular Hbond substituents is 1. The smallest absolute Gasteiger partial charge is 0.310 e. The van der Waals surface area contributed by atoms with Gasteiger partial charge in [-0.1, -0.05) is 6.07 Å². The van der Waals surface area contributed by atoms with Crippen LogP contribution in [0.5, 0.6) is 5.75 Å². The molecule has 6 nitrogen and oxygen atoms in total. The lowest BCUT2D eigenvalue weighted by Gasteiger charge is -2.14. The lowest BCUT2D eigenvalue weighted by atomic mass is 10.1. The number of amides is 1. The van der Waals surface area contributed by atoms with Gasteiger partial charge in [-0.2, -0.15) is 0 Å². The molecule has 0 aliphatic carbocycles. The normalized spacial score (nSPS) is 14.8. The number of carbonyl (C=O) groups excluding carboxylic acids is 1. The summed E-state index contributed by atoms with van der Waals surface area (Å²) in [4.78, 5) is 23.5. The van der Waals surface area contributed by atoms with Crippen molar-refractivity contribution in [2.75, 3.05) is 13.1 Å². The number of hydrogen-bond donors (Lipinski definition) is 1. The summed E-state index contributed by atoms with van der Waals surface area (Å²) < 4.78 is 0. The Morgan fingerprint density at radius 2 is 2.06 bits per heavy atom. The highest BCUT2D eigenvalue weighted by atomic mass is 16.6. The second-order valence-corrected chi connectivity index (χ2v) is 4.34. The van der Waals surface area contributed by atoms with Gasteiger partial charge in [0.2, 0.25) is 5.91 Å². The monoisotopic (exact) mass is 250 g/mol. The van der Waals surface area contributed by atoms with Crippen molar-refractivity contribution in [3.63, 3.8) is 0 Å². The number of likely N-dealkylation sites (tertiary alicyclic amines) is 1. The van der Waals surface area contributed by atoms with Gasteiger partial charge < -0.3 is 10.0 Å². The Morgan fingerprint density at radius 1 is 1.39 bits per heavy atom. The van der Waals surface area contributed by atoms with Crippen molar-refractivity contribution >= 4 is 11.6 Å². The Kier molecular flexibility index (Phi) is 3.45. The average Bonchev–Trinajstić information content (AvgIpc) is 2.81. The number of aromatic hydroxyl groups is 1. The van der Waals surface area contributed by atoms with Gasteiger partial charge in [-0.25, -0.2) is 0 Å². The van der Waals surface area contributed by atoms with Crippen molar-refractivity contribution in [1.82, 2.24) is 4.90 Å². The van der Waals surface area contributed by atoms with Crippen LogP contribution < -0.4 is 0 Å². The summed E-state index contributed by atoms with van der Waals surface area (Å²) in [5, 5.41) is 20.0. The topological polar surface area (TPSA) is 83.7 Å². The molecule has 1 aliphatic heterocycles. The van der Waals surface area contributed by atoms with E-state index in [1.54, 1.807) is 4.90 Å². The maximum atomic E-state index is 11.9. The second kappa shape index (κ2) is 5.03. The van der Waals surface area contributed by atoms with Crippen LogP contribution in [0.15, 0.2) is 18.2 Å². The average molecular weight is 250 g/mol. The molecule has 2 rings (SSSR count). The summed E-state index contributed by atoms with van der Waals surface area (Å²) in [5.41, 5.74) is 0.252. The summed E-state index contributed by atoms with van der Waals surface area (Å²) in [5.74, 6) is -0.396. The van der Waals surface area contributed by atoms with Gasteiger partial charge >= 0.3 is 5.69 Å². The van der Waals surface area contributed by atoms with E-state index in [2.05, 4.69) is 0 Å². The molecule has 1 fully saturated rings. The fourth-order valence-electron chi connectivity index (χ4n) is 2.09. The van der Waals surface area contributed by atoms with Crippen LogP contribution >= 0.6 is 0 Å². The third kappa shape index (κ3) is 2.58. The molecule has 18 heavy (non-hydrogen) atoms. The third-order valence-corrected chi connectivity index (χ3v) is 3.05. The molecule has 1 N–H and O–H groups in total. The summed E-state index contributed by atoms with van der Waals surface area (Å²) >= 11 is 0. The van der Waals surface area contributed by atoms with Crippen molar-refractivity contribution < 1.29 is 14.8 Å². The van der Waals surface area contributed by atoms with Gasteiger partial charge in [0.05, 0.1) is 11.3 Å². The van der Waals surface area contributed by atoms with Crippen molar-refractivity contribution in [1.29, 1.82) is 0 Å². The van der Waals surface area contributed by atoms with Crippen LogP contribution in [0.1, 0.15) is 18.4 Å². The minimum atomic E-state index is -0.651. The Bertz CT molecular complexity index is 481. The van der Waals surface area contributed by atoms with Crippen molar-refractivity contribution in [3.05, 3.63) is 33.9 Å². The number of nitro benzene ring substituents is 1. The highest BCUT2D eigenvalue weighted by molar-refractivity contribution is 5.79. The predicted octanol–water partition coefficient (Wildman–Crippen LogP) is 1.47. The molecule has 0 aromatic heterocycles. The van der Waals surface area contributed by atoms with E-state index in [1.807, 2.05) is 0 Å². The molecule has 0 bridgehead atoms. The zero-order chi connectivity index (χ0) is 13.1. The van der Waals surface area contributed by atoms with Crippen molar-refractivity contribution in [3.8, 4) is 5.75 Å². The fourth-order valence-corrected chi connectivity index (χ4v) is 2.09. The van der Waals surface area contributed by atoms with Crippen LogP contribution in [0, 0.1) is 10.1 Å². The molecular formula is C12H14N2O4. The van der Waals surface area contributed by atoms with E-state index < -0.39 is 10.7 Å². The fraction of sp³-hybridized carbons (Fsp3) is 0.417. The number of rotatable bonds is 3. The second-order valence-electron chi connectivity index (χ2n) is 4.34. The Morgan fingerprint density at radius 3 is 2.61 bits per heavy atom. The van der Waals surface area contributed by atoms with Gasteiger partial charge in [-0.05, 0) is 24.5 Å². The lowest BCUT2D eigenvalue weighted by Crippen LogP contribution is -2.29. The van der Waals surface area contributed by atoms with Crippen LogP contribution in [0.2, 0.25) is 0 Å². The minimum Gasteiger partial charge on any atom is -0.502 e. The zero-order valence-corrected chi connectivity index (χ0v) is 9.83. The summed E-state index contributed by atoms with van der Waals surface area (Å²) in [6.45, 7) is 1.55. The number of benzene rings is 1. The van der Waals surface area contributed by atoms with E-state index in [9.17, 15) is 20.0 Å². The molecule has 1 saturated heterocycles. The van der Waals surface area contributed by atoms with Gasteiger partial charge in [0.15, 0.2) is 5.75 Å². The van der Waals surface area contributed by atoms with Crippen LogP contribution in [0.25, 0.3) is 0 Å². The van der Waals surface area contributed by atoms with E-state index in [4.69, 9.17) is 0 Å². The first-order valence-corrected chi connectivity index (χ1v) is 5.82. The molecule has 1 aromatic rings. The van der Waals surface area contributed by atoms with Crippen molar-refractivity contribution in [2.24, 2.45) is 0 Å². The van der Waals surface area contributed by atoms with Gasteiger partial charge in [0.1, 0.15) is 0 Å². The van der Waals surface area contributed by atoms with E-state index >= 15 is 0 Å². The molecule has 0 radical (unpaired) electrons. The highest BCUT2D eigenvalue weighted by Crippen LogP contribution is 2.26. The Labute approximate surface area is 104 Å². The maximum Gasteiger partial charge on any atom is 0.310 e. The molecule has 1 aromatic carbocycles. The molecule has 1 amide bonds. The Hall–Kier alpha value is -2.11. The van der Waals surface area contributed by atoms with E-state index in [-0.39, 0.29) is 18.0 Å². The molecule has 0 saturated carbocycles. The molecule has 6 heteroatoms. The van der Waals surface area contributed by atoms with Crippen LogP contribution in [0.3, 0.4) is 0 Å². The number of phenols is 1. The summed E-state index contributed by atoms with van der Waals surface area (Å²) in [7, 11) is 0. The quantitative estimate of drug-likeness (QED) is 0.650. The molecule has 0 spiro atoms. The van der Waals surface area contributed by atoms with Crippen LogP contribution in [0.4, 0.5) is 5.69 Å². The SMILES string of the molecule is O=C(Cc1ccc([N+](=O)[O-])c(O)c1)N1CCCC1. The summed E-state index contributed by atoms with van der Waals surface area (Å²) in [6.07, 6.45) is 2.22. The van der Waals surface area contributed by atoms with Gasteiger partial charge in [0, 0.05) is 19.2 Å². The van der Waals surface area contributed by atoms with Crippen molar-refractivity contribution in [2.45, 2.75) is 19.3 Å². The maximum absolute atomic E-state index is 11.9. The molecule has 0 unspecified atom stereocenters. The van der Waals surface area contributed by atoms with E-state index in [1.165, 1.54) is 18.2 Å². The number of carbonyl (C=O) groups is 1. The number of nitrogens with zero attached hydrogens (tertiary/aromatic N) is 2. The van der Waals surface area contributed by atoms with E-state index in [0.29, 0.717) is 5.56 Å². The first kappa shape index (κ1) is 12.3. The van der Waals surface area contributed by atoms with E-state index in [0.717, 1.165) is 25.9 Å². The number of nitro groups is 1. The Balaban J connectivity index is 2.07. The number of hydrogen-bond acceptors (Lipinski definition) is 4. The van der Waals surface area contributed by atoms with Gasteiger partial charge in [-0.15, -0.1) is 0 Å². The minimum absolute atomic E-state index is 0.000697. The standard InChI is InChI=1S/C12H14N2O4/c15-11-7-9(3-4-10(11)14(17)18)8-12(16)13-5-1-2-6-13/h3-4,7,15H,1-2,5-6,8H2. The van der Waals surface area contributed by atoms with Crippen LogP contribution in [-0.4, -0.2) is 33.9 Å². The van der Waals surface area contributed by atoms with Crippen LogP contribution in [-0.2, 0) is 11.2 Å². The predicted molar refractivity (Wildman–Crippen MR) is 64.3 cm³/mol. The molecule has 0 atom stereocenters. The third-order valence-electron chi connectivity index (χ3n) is 3.05. The molecule has 1 heterocycles. The van der Waals surface area contributed by atoms with Gasteiger partial charge in [-0.3, -0.25) is 14.9 Å².